The maximum absolute atomic E-state index is 12.1. The number of hydrogen-bond acceptors (Lipinski definition) is 3. The Morgan fingerprint density at radius 1 is 1.40 bits per heavy atom. The van der Waals surface area contributed by atoms with Gasteiger partial charge in [-0.25, -0.2) is 0 Å². The molecular formula is C14H18N2O4. The zero-order valence-corrected chi connectivity index (χ0v) is 11.3. The van der Waals surface area contributed by atoms with E-state index in [9.17, 15) is 19.5 Å². The summed E-state index contributed by atoms with van der Waals surface area (Å²) in [5.74, 6) is -1.25. The molecule has 1 saturated carbocycles. The van der Waals surface area contributed by atoms with Gasteiger partial charge in [-0.15, -0.1) is 0 Å². The van der Waals surface area contributed by atoms with Crippen LogP contribution < -0.4 is 10.9 Å². The number of carboxylic acids is 1. The largest absolute Gasteiger partial charge is 0.481 e. The molecule has 1 aliphatic carbocycles. The molecule has 0 spiro atoms. The first-order valence-corrected chi connectivity index (χ1v) is 6.66. The molecule has 0 radical (unpaired) electrons. The van der Waals surface area contributed by atoms with Crippen LogP contribution in [0.5, 0.6) is 0 Å². The monoisotopic (exact) mass is 278 g/mol. The van der Waals surface area contributed by atoms with E-state index in [2.05, 4.69) is 10.3 Å². The Hall–Kier alpha value is -2.11. The van der Waals surface area contributed by atoms with E-state index >= 15 is 0 Å². The molecule has 3 N–H and O–H groups in total. The average molecular weight is 278 g/mol. The Morgan fingerprint density at radius 3 is 2.75 bits per heavy atom. The highest BCUT2D eigenvalue weighted by molar-refractivity contribution is 5.94. The first kappa shape index (κ1) is 14.3. The van der Waals surface area contributed by atoms with Crippen LogP contribution in [0, 0.1) is 5.41 Å². The highest BCUT2D eigenvalue weighted by Gasteiger charge is 2.43. The van der Waals surface area contributed by atoms with Gasteiger partial charge in [0.2, 0.25) is 5.56 Å². The second-order valence-electron chi connectivity index (χ2n) is 5.44. The lowest BCUT2D eigenvalue weighted by molar-refractivity contribution is -0.151. The number of aliphatic carboxylic acids is 1. The van der Waals surface area contributed by atoms with Crippen molar-refractivity contribution in [3.63, 3.8) is 0 Å². The molecule has 1 fully saturated rings. The van der Waals surface area contributed by atoms with Crippen molar-refractivity contribution in [3.05, 3.63) is 34.2 Å². The van der Waals surface area contributed by atoms with E-state index < -0.39 is 17.4 Å². The lowest BCUT2D eigenvalue weighted by Crippen LogP contribution is -2.52. The molecule has 1 amide bonds. The number of pyridine rings is 1. The van der Waals surface area contributed by atoms with Crippen LogP contribution in [0.4, 0.5) is 0 Å². The average Bonchev–Trinajstić information content (AvgIpc) is 2.42. The highest BCUT2D eigenvalue weighted by atomic mass is 16.4. The lowest BCUT2D eigenvalue weighted by Gasteiger charge is -2.38. The molecule has 2 rings (SSSR count). The van der Waals surface area contributed by atoms with Gasteiger partial charge in [-0.2, -0.15) is 0 Å². The van der Waals surface area contributed by atoms with E-state index in [0.29, 0.717) is 18.4 Å². The van der Waals surface area contributed by atoms with Gasteiger partial charge in [0, 0.05) is 18.3 Å². The SMILES string of the molecule is CC1(C(=O)O)CCCCC1NC(=O)c1ccc(=O)[nH]c1. The normalized spacial score (nSPS) is 25.9. The molecule has 0 saturated heterocycles. The first-order valence-electron chi connectivity index (χ1n) is 6.66. The fourth-order valence-corrected chi connectivity index (χ4v) is 2.61. The van der Waals surface area contributed by atoms with Crippen LogP contribution in [0.1, 0.15) is 43.0 Å². The van der Waals surface area contributed by atoms with Gasteiger partial charge in [-0.1, -0.05) is 12.8 Å². The van der Waals surface area contributed by atoms with E-state index in [4.69, 9.17) is 0 Å². The highest BCUT2D eigenvalue weighted by Crippen LogP contribution is 2.36. The van der Waals surface area contributed by atoms with Crippen LogP contribution in [0.15, 0.2) is 23.1 Å². The number of nitrogens with one attached hydrogen (secondary N) is 2. The smallest absolute Gasteiger partial charge is 0.311 e. The molecule has 2 unspecified atom stereocenters. The van der Waals surface area contributed by atoms with Gasteiger partial charge >= 0.3 is 5.97 Å². The Morgan fingerprint density at radius 2 is 2.15 bits per heavy atom. The molecule has 6 heteroatoms. The summed E-state index contributed by atoms with van der Waals surface area (Å²) < 4.78 is 0. The minimum Gasteiger partial charge on any atom is -0.481 e. The number of H-pyrrole nitrogens is 1. The molecule has 1 aromatic rings. The molecule has 108 valence electrons. The van der Waals surface area contributed by atoms with Gasteiger partial charge in [0.15, 0.2) is 0 Å². The Labute approximate surface area is 116 Å². The summed E-state index contributed by atoms with van der Waals surface area (Å²) in [5.41, 5.74) is -0.895. The van der Waals surface area contributed by atoms with Crippen molar-refractivity contribution < 1.29 is 14.7 Å². The Balaban J connectivity index is 2.15. The van der Waals surface area contributed by atoms with Gasteiger partial charge < -0.3 is 15.4 Å². The van der Waals surface area contributed by atoms with Gasteiger partial charge in [-0.05, 0) is 25.8 Å². The maximum Gasteiger partial charge on any atom is 0.311 e. The number of aromatic nitrogens is 1. The number of carbonyl (C=O) groups excluding carboxylic acids is 1. The molecule has 2 atom stereocenters. The fraction of sp³-hybridized carbons (Fsp3) is 0.500. The summed E-state index contributed by atoms with van der Waals surface area (Å²) >= 11 is 0. The van der Waals surface area contributed by atoms with Crippen molar-refractivity contribution in [2.45, 2.75) is 38.6 Å². The number of hydrogen-bond donors (Lipinski definition) is 3. The van der Waals surface area contributed by atoms with Crippen LogP contribution in [-0.4, -0.2) is 28.0 Å². The first-order chi connectivity index (χ1) is 9.43. The number of aromatic amines is 1. The summed E-state index contributed by atoms with van der Waals surface area (Å²) in [7, 11) is 0. The van der Waals surface area contributed by atoms with Crippen molar-refractivity contribution in [1.29, 1.82) is 0 Å². The Kier molecular flexibility index (Phi) is 3.92. The molecule has 1 aromatic heterocycles. The second-order valence-corrected chi connectivity index (χ2v) is 5.44. The molecule has 6 nitrogen and oxygen atoms in total. The third kappa shape index (κ3) is 2.74. The molecule has 0 aliphatic heterocycles. The van der Waals surface area contributed by atoms with Crippen LogP contribution >= 0.6 is 0 Å². The van der Waals surface area contributed by atoms with Gasteiger partial charge in [0.05, 0.1) is 11.0 Å². The predicted molar refractivity (Wildman–Crippen MR) is 72.5 cm³/mol. The van der Waals surface area contributed by atoms with Gasteiger partial charge in [0.1, 0.15) is 0 Å². The third-order valence-electron chi connectivity index (χ3n) is 4.05. The number of amides is 1. The zero-order chi connectivity index (χ0) is 14.8. The van der Waals surface area contributed by atoms with Crippen molar-refractivity contribution >= 4 is 11.9 Å². The van der Waals surface area contributed by atoms with Crippen molar-refractivity contribution in [2.75, 3.05) is 0 Å². The van der Waals surface area contributed by atoms with Gasteiger partial charge in [-0.3, -0.25) is 14.4 Å². The predicted octanol–water partition coefficient (Wildman–Crippen LogP) is 1.14. The van der Waals surface area contributed by atoms with E-state index in [1.54, 1.807) is 6.92 Å². The van der Waals surface area contributed by atoms with Crippen LogP contribution in [0.25, 0.3) is 0 Å². The lowest BCUT2D eigenvalue weighted by atomic mass is 9.71. The van der Waals surface area contributed by atoms with Crippen molar-refractivity contribution in [1.82, 2.24) is 10.3 Å². The molecule has 0 bridgehead atoms. The third-order valence-corrected chi connectivity index (χ3v) is 4.05. The minimum atomic E-state index is -0.934. The molecule has 20 heavy (non-hydrogen) atoms. The maximum atomic E-state index is 12.1. The summed E-state index contributed by atoms with van der Waals surface area (Å²) in [6.07, 6.45) is 4.29. The summed E-state index contributed by atoms with van der Waals surface area (Å²) in [4.78, 5) is 36.9. The van der Waals surface area contributed by atoms with E-state index in [1.807, 2.05) is 0 Å². The molecule has 1 heterocycles. The summed E-state index contributed by atoms with van der Waals surface area (Å²) in [5, 5.41) is 12.2. The number of rotatable bonds is 3. The fourth-order valence-electron chi connectivity index (χ4n) is 2.61. The standard InChI is InChI=1S/C14H18N2O4/c1-14(13(19)20)7-3-2-4-10(14)16-12(18)9-5-6-11(17)15-8-9/h5-6,8,10H,2-4,7H2,1H3,(H,15,17)(H,16,18)(H,19,20). The number of carboxylic acid groups (broad SMARTS) is 1. The van der Waals surface area contributed by atoms with E-state index in [1.165, 1.54) is 18.3 Å². The van der Waals surface area contributed by atoms with Crippen LogP contribution in [-0.2, 0) is 4.79 Å². The minimum absolute atomic E-state index is 0.283. The van der Waals surface area contributed by atoms with Crippen LogP contribution in [0.2, 0.25) is 0 Å². The second kappa shape index (κ2) is 5.48. The van der Waals surface area contributed by atoms with Crippen LogP contribution in [0.3, 0.4) is 0 Å². The Bertz CT molecular complexity index is 560. The van der Waals surface area contributed by atoms with Gasteiger partial charge in [0.25, 0.3) is 5.91 Å². The van der Waals surface area contributed by atoms with E-state index in [0.717, 1.165) is 12.8 Å². The van der Waals surface area contributed by atoms with Crippen molar-refractivity contribution in [3.8, 4) is 0 Å². The molecule has 1 aliphatic rings. The quantitative estimate of drug-likeness (QED) is 0.772. The number of carbonyl (C=O) groups is 2. The van der Waals surface area contributed by atoms with Crippen molar-refractivity contribution in [2.24, 2.45) is 5.41 Å². The summed E-state index contributed by atoms with van der Waals surface area (Å²) in [6, 6.07) is 2.30. The zero-order valence-electron chi connectivity index (χ0n) is 11.3. The topological polar surface area (TPSA) is 99.3 Å². The molecular weight excluding hydrogens is 260 g/mol. The van der Waals surface area contributed by atoms with E-state index in [-0.39, 0.29) is 11.5 Å². The summed E-state index contributed by atoms with van der Waals surface area (Å²) in [6.45, 7) is 1.67. The molecule has 0 aromatic carbocycles.